The van der Waals surface area contributed by atoms with E-state index in [1.165, 1.54) is 44.5 Å². The lowest BCUT2D eigenvalue weighted by Gasteiger charge is -2.32. The molecule has 1 aromatic rings. The second-order valence-corrected chi connectivity index (χ2v) is 5.71. The summed E-state index contributed by atoms with van der Waals surface area (Å²) in [6.07, 6.45) is 7.23. The second-order valence-electron chi connectivity index (χ2n) is 5.32. The molecule has 0 saturated carbocycles. The molecule has 1 atom stereocenters. The van der Waals surface area contributed by atoms with Crippen molar-refractivity contribution in [1.82, 2.24) is 9.88 Å². The molecule has 0 N–H and O–H groups in total. The quantitative estimate of drug-likeness (QED) is 0.767. The number of aromatic nitrogens is 1. The minimum Gasteiger partial charge on any atom is -0.370 e. The van der Waals surface area contributed by atoms with Gasteiger partial charge in [-0.25, -0.2) is 4.98 Å². The van der Waals surface area contributed by atoms with Gasteiger partial charge in [-0.15, -0.1) is 0 Å². The standard InChI is InChI=1S/C14H20ClN3/c15-14-10-12(4-6-16-14)18-9-5-13(11-18)17-7-2-1-3-8-17/h4,6,10,13H,1-3,5,7-9,11H2. The topological polar surface area (TPSA) is 19.4 Å². The summed E-state index contributed by atoms with van der Waals surface area (Å²) in [4.78, 5) is 9.16. The highest BCUT2D eigenvalue weighted by Crippen LogP contribution is 2.25. The van der Waals surface area contributed by atoms with Gasteiger partial charge in [0.15, 0.2) is 0 Å². The number of pyridine rings is 1. The van der Waals surface area contributed by atoms with Gasteiger partial charge < -0.3 is 4.90 Å². The lowest BCUT2D eigenvalue weighted by atomic mass is 10.1. The van der Waals surface area contributed by atoms with E-state index in [1.54, 1.807) is 6.20 Å². The zero-order valence-corrected chi connectivity index (χ0v) is 11.4. The van der Waals surface area contributed by atoms with E-state index in [0.29, 0.717) is 5.15 Å². The van der Waals surface area contributed by atoms with Crippen LogP contribution >= 0.6 is 11.6 Å². The van der Waals surface area contributed by atoms with Crippen molar-refractivity contribution in [3.8, 4) is 0 Å². The second kappa shape index (κ2) is 5.45. The van der Waals surface area contributed by atoms with Crippen LogP contribution < -0.4 is 4.90 Å². The molecule has 2 fully saturated rings. The molecule has 2 aliphatic heterocycles. The van der Waals surface area contributed by atoms with E-state index in [4.69, 9.17) is 11.6 Å². The number of hydrogen-bond donors (Lipinski definition) is 0. The molecule has 0 amide bonds. The molecule has 18 heavy (non-hydrogen) atoms. The summed E-state index contributed by atoms with van der Waals surface area (Å²) in [7, 11) is 0. The van der Waals surface area contributed by atoms with Gasteiger partial charge in [-0.05, 0) is 44.5 Å². The van der Waals surface area contributed by atoms with Gasteiger partial charge >= 0.3 is 0 Å². The van der Waals surface area contributed by atoms with Crippen molar-refractivity contribution in [3.63, 3.8) is 0 Å². The highest BCUT2D eigenvalue weighted by atomic mass is 35.5. The summed E-state index contributed by atoms with van der Waals surface area (Å²) >= 11 is 5.96. The Morgan fingerprint density at radius 3 is 2.78 bits per heavy atom. The Morgan fingerprint density at radius 2 is 2.00 bits per heavy atom. The minimum atomic E-state index is 0.592. The third-order valence-corrected chi connectivity index (χ3v) is 4.35. The average molecular weight is 266 g/mol. The molecule has 0 aliphatic carbocycles. The van der Waals surface area contributed by atoms with Gasteiger partial charge in [0, 0.05) is 31.0 Å². The van der Waals surface area contributed by atoms with Crippen LogP contribution in [-0.4, -0.2) is 42.1 Å². The summed E-state index contributed by atoms with van der Waals surface area (Å²) < 4.78 is 0. The van der Waals surface area contributed by atoms with Gasteiger partial charge in [-0.1, -0.05) is 18.0 Å². The van der Waals surface area contributed by atoms with Crippen molar-refractivity contribution in [2.75, 3.05) is 31.1 Å². The van der Waals surface area contributed by atoms with E-state index in [2.05, 4.69) is 20.9 Å². The fourth-order valence-corrected chi connectivity index (χ4v) is 3.31. The lowest BCUT2D eigenvalue weighted by molar-refractivity contribution is 0.175. The molecule has 1 aromatic heterocycles. The van der Waals surface area contributed by atoms with Gasteiger partial charge in [0.1, 0.15) is 5.15 Å². The van der Waals surface area contributed by atoms with Gasteiger partial charge in [0.05, 0.1) is 0 Å². The van der Waals surface area contributed by atoms with Crippen LogP contribution in [0.3, 0.4) is 0 Å². The first-order valence-corrected chi connectivity index (χ1v) is 7.31. The maximum atomic E-state index is 5.96. The number of nitrogens with zero attached hydrogens (tertiary/aromatic N) is 3. The Labute approximate surface area is 114 Å². The molecule has 3 nitrogen and oxygen atoms in total. The molecular formula is C14H20ClN3. The van der Waals surface area contributed by atoms with Crippen molar-refractivity contribution >= 4 is 17.3 Å². The molecule has 2 aliphatic rings. The maximum absolute atomic E-state index is 5.96. The average Bonchev–Trinajstić information content (AvgIpc) is 2.89. The third kappa shape index (κ3) is 2.62. The van der Waals surface area contributed by atoms with Gasteiger partial charge in [-0.2, -0.15) is 0 Å². The van der Waals surface area contributed by atoms with Crippen LogP contribution in [0.15, 0.2) is 18.3 Å². The molecule has 98 valence electrons. The van der Waals surface area contributed by atoms with Crippen LogP contribution in [0.4, 0.5) is 5.69 Å². The Hall–Kier alpha value is -0.800. The van der Waals surface area contributed by atoms with Crippen LogP contribution in [0.5, 0.6) is 0 Å². The van der Waals surface area contributed by atoms with Gasteiger partial charge in [0.2, 0.25) is 0 Å². The Morgan fingerprint density at radius 1 is 1.17 bits per heavy atom. The zero-order valence-electron chi connectivity index (χ0n) is 10.7. The number of halogens is 1. The number of piperidine rings is 1. The first kappa shape index (κ1) is 12.2. The van der Waals surface area contributed by atoms with Crippen molar-refractivity contribution < 1.29 is 0 Å². The van der Waals surface area contributed by atoms with E-state index in [9.17, 15) is 0 Å². The summed E-state index contributed by atoms with van der Waals surface area (Å²) in [6, 6.07) is 4.77. The highest BCUT2D eigenvalue weighted by Gasteiger charge is 2.28. The van der Waals surface area contributed by atoms with Crippen molar-refractivity contribution in [2.45, 2.75) is 31.7 Å². The van der Waals surface area contributed by atoms with Crippen LogP contribution in [0.25, 0.3) is 0 Å². The number of likely N-dealkylation sites (tertiary alicyclic amines) is 1. The van der Waals surface area contributed by atoms with Crippen molar-refractivity contribution in [2.24, 2.45) is 0 Å². The largest absolute Gasteiger partial charge is 0.370 e. The molecule has 3 heterocycles. The Kier molecular flexibility index (Phi) is 3.71. The molecule has 0 bridgehead atoms. The first-order valence-electron chi connectivity index (χ1n) is 6.93. The summed E-state index contributed by atoms with van der Waals surface area (Å²) in [5.41, 5.74) is 1.22. The monoisotopic (exact) mass is 265 g/mol. The number of rotatable bonds is 2. The molecule has 2 saturated heterocycles. The van der Waals surface area contributed by atoms with Crippen LogP contribution in [0.2, 0.25) is 5.15 Å². The highest BCUT2D eigenvalue weighted by molar-refractivity contribution is 6.29. The molecule has 1 unspecified atom stereocenters. The maximum Gasteiger partial charge on any atom is 0.131 e. The fourth-order valence-electron chi connectivity index (χ4n) is 3.15. The molecule has 0 spiro atoms. The predicted octanol–water partition coefficient (Wildman–Crippen LogP) is 2.80. The van der Waals surface area contributed by atoms with Crippen LogP contribution in [0, 0.1) is 0 Å². The fraction of sp³-hybridized carbons (Fsp3) is 0.643. The SMILES string of the molecule is Clc1cc(N2CCC(N3CCCCC3)C2)ccn1. The predicted molar refractivity (Wildman–Crippen MR) is 75.3 cm³/mol. The first-order chi connectivity index (χ1) is 8.83. The van der Waals surface area contributed by atoms with Gasteiger partial charge in [-0.3, -0.25) is 4.90 Å². The lowest BCUT2D eigenvalue weighted by Crippen LogP contribution is -2.40. The summed E-state index contributed by atoms with van der Waals surface area (Å²) in [5, 5.41) is 0.592. The van der Waals surface area contributed by atoms with E-state index in [0.717, 1.165) is 19.1 Å². The van der Waals surface area contributed by atoms with Crippen LogP contribution in [0.1, 0.15) is 25.7 Å². The summed E-state index contributed by atoms with van der Waals surface area (Å²) in [6.45, 7) is 4.85. The van der Waals surface area contributed by atoms with E-state index < -0.39 is 0 Å². The summed E-state index contributed by atoms with van der Waals surface area (Å²) in [5.74, 6) is 0. The number of anilines is 1. The number of hydrogen-bond acceptors (Lipinski definition) is 3. The van der Waals surface area contributed by atoms with Crippen LogP contribution in [-0.2, 0) is 0 Å². The van der Waals surface area contributed by atoms with E-state index >= 15 is 0 Å². The smallest absolute Gasteiger partial charge is 0.131 e. The molecule has 0 radical (unpaired) electrons. The van der Waals surface area contributed by atoms with Gasteiger partial charge in [0.25, 0.3) is 0 Å². The Balaban J connectivity index is 1.64. The normalized spacial score (nSPS) is 25.6. The molecule has 3 rings (SSSR count). The van der Waals surface area contributed by atoms with Crippen molar-refractivity contribution in [1.29, 1.82) is 0 Å². The van der Waals surface area contributed by atoms with Crippen molar-refractivity contribution in [3.05, 3.63) is 23.5 Å². The third-order valence-electron chi connectivity index (χ3n) is 4.15. The molecule has 4 heteroatoms. The molecular weight excluding hydrogens is 246 g/mol. The van der Waals surface area contributed by atoms with E-state index in [1.807, 2.05) is 6.07 Å². The Bertz CT molecular complexity index is 404. The van der Waals surface area contributed by atoms with E-state index in [-0.39, 0.29) is 0 Å². The molecule has 0 aromatic carbocycles. The minimum absolute atomic E-state index is 0.592. The zero-order chi connectivity index (χ0) is 12.4.